The predicted octanol–water partition coefficient (Wildman–Crippen LogP) is 3.59. The Morgan fingerprint density at radius 1 is 1.38 bits per heavy atom. The Morgan fingerprint density at radius 3 is 3.03 bits per heavy atom. The largest absolute Gasteiger partial charge is 0.497 e. The van der Waals surface area contributed by atoms with E-state index in [0.29, 0.717) is 12.5 Å². The summed E-state index contributed by atoms with van der Waals surface area (Å²) in [5.74, 6) is 0.636. The lowest BCUT2D eigenvalue weighted by Gasteiger charge is -2.51. The summed E-state index contributed by atoms with van der Waals surface area (Å²) in [5.41, 5.74) is 3.33. The van der Waals surface area contributed by atoms with E-state index in [1.54, 1.807) is 7.11 Å². The van der Waals surface area contributed by atoms with Gasteiger partial charge in [0.25, 0.3) is 0 Å². The summed E-state index contributed by atoms with van der Waals surface area (Å²) >= 11 is 0. The second-order valence-corrected chi connectivity index (χ2v) is 9.98. The molecule has 6 heteroatoms. The van der Waals surface area contributed by atoms with Gasteiger partial charge in [-0.25, -0.2) is 0 Å². The molecular weight excluding hydrogens is 404 g/mol. The highest BCUT2D eigenvalue weighted by Crippen LogP contribution is 2.55. The van der Waals surface area contributed by atoms with Crippen molar-refractivity contribution < 1.29 is 19.4 Å². The number of nitrogens with one attached hydrogen (secondary N) is 2. The maximum Gasteiger partial charge on any atom is 0.311 e. The fourth-order valence-electron chi connectivity index (χ4n) is 6.27. The molecule has 2 aromatic rings. The number of hydrogen-bond donors (Lipinski definition) is 3. The van der Waals surface area contributed by atoms with Gasteiger partial charge in [0.15, 0.2) is 0 Å². The highest BCUT2D eigenvalue weighted by molar-refractivity contribution is 5.84. The van der Waals surface area contributed by atoms with E-state index in [-0.39, 0.29) is 29.3 Å². The number of esters is 1. The van der Waals surface area contributed by atoms with Crippen LogP contribution in [0.25, 0.3) is 10.9 Å². The van der Waals surface area contributed by atoms with Crippen LogP contribution in [0.1, 0.15) is 38.7 Å². The number of H-pyrrole nitrogens is 1. The Kier molecular flexibility index (Phi) is 5.54. The third kappa shape index (κ3) is 3.35. The van der Waals surface area contributed by atoms with Crippen LogP contribution in [0.15, 0.2) is 36.0 Å². The SMILES string of the molecule is COc1ccc2[nH]cc(CCNC[C@H]3C(=O)O[C@@H]4CC5=CCC[C@H](C)[C@@]5(C)[C@@H](O)[C@@H]43)c2c1. The summed E-state index contributed by atoms with van der Waals surface area (Å²) < 4.78 is 11.1. The molecule has 0 bridgehead atoms. The molecule has 1 saturated carbocycles. The number of carbonyl (C=O) groups excluding carboxylic acids is 1. The highest BCUT2D eigenvalue weighted by Gasteiger charge is 2.59. The second-order valence-electron chi connectivity index (χ2n) is 9.98. The second kappa shape index (κ2) is 8.23. The molecule has 0 unspecified atom stereocenters. The first-order chi connectivity index (χ1) is 15.4. The van der Waals surface area contributed by atoms with Gasteiger partial charge >= 0.3 is 5.97 Å². The molecule has 3 N–H and O–H groups in total. The molecule has 6 nitrogen and oxygen atoms in total. The van der Waals surface area contributed by atoms with Crippen molar-refractivity contribution in [3.63, 3.8) is 0 Å². The Bertz CT molecular complexity index is 1040. The van der Waals surface area contributed by atoms with E-state index in [9.17, 15) is 9.90 Å². The molecule has 172 valence electrons. The number of hydrogen-bond acceptors (Lipinski definition) is 5. The maximum atomic E-state index is 12.7. The van der Waals surface area contributed by atoms with E-state index >= 15 is 0 Å². The van der Waals surface area contributed by atoms with E-state index in [1.807, 2.05) is 18.3 Å². The number of allylic oxidation sites excluding steroid dienone is 1. The van der Waals surface area contributed by atoms with Gasteiger partial charge in [-0.2, -0.15) is 0 Å². The third-order valence-corrected chi connectivity index (χ3v) is 8.48. The summed E-state index contributed by atoms with van der Waals surface area (Å²) in [6.07, 6.45) is 7.30. The van der Waals surface area contributed by atoms with E-state index in [4.69, 9.17) is 9.47 Å². The smallest absolute Gasteiger partial charge is 0.311 e. The standard InChI is InChI=1S/C26H34N2O4/c1-15-5-4-6-17-11-22-23(24(29)26(15,17)2)20(25(30)32-22)14-27-10-9-16-13-28-21-8-7-18(31-3)12-19(16)21/h6-8,12-13,15,20,22-24,27-29H,4-5,9-11,14H2,1-3H3/t15-,20+,22+,23+,24-,26+/m0/s1. The zero-order valence-electron chi connectivity index (χ0n) is 19.2. The summed E-state index contributed by atoms with van der Waals surface area (Å²) in [5, 5.41) is 16.1. The number of aliphatic hydroxyl groups is 1. The Labute approximate surface area is 189 Å². The number of carbonyl (C=O) groups is 1. The lowest BCUT2D eigenvalue weighted by atomic mass is 9.55. The van der Waals surface area contributed by atoms with Gasteiger partial charge in [-0.15, -0.1) is 0 Å². The molecule has 3 aliphatic rings. The van der Waals surface area contributed by atoms with Gasteiger partial charge in [0, 0.05) is 41.4 Å². The van der Waals surface area contributed by atoms with Crippen molar-refractivity contribution in [2.24, 2.45) is 23.2 Å². The minimum Gasteiger partial charge on any atom is -0.497 e. The number of rotatable bonds is 6. The van der Waals surface area contributed by atoms with Gasteiger partial charge < -0.3 is 24.9 Å². The number of aromatic amines is 1. The molecule has 1 aliphatic heterocycles. The molecule has 6 atom stereocenters. The average Bonchev–Trinajstić information content (AvgIpc) is 3.33. The van der Waals surface area contributed by atoms with Crippen molar-refractivity contribution >= 4 is 16.9 Å². The summed E-state index contributed by atoms with van der Waals surface area (Å²) in [4.78, 5) is 16.0. The van der Waals surface area contributed by atoms with Crippen molar-refractivity contribution in [2.75, 3.05) is 20.2 Å². The maximum absolute atomic E-state index is 12.7. The molecule has 2 heterocycles. The van der Waals surface area contributed by atoms with Gasteiger partial charge in [0.05, 0.1) is 19.1 Å². The lowest BCUT2D eigenvalue weighted by Crippen LogP contribution is -2.54. The molecule has 0 spiro atoms. The van der Waals surface area contributed by atoms with Crippen LogP contribution >= 0.6 is 0 Å². The highest BCUT2D eigenvalue weighted by atomic mass is 16.6. The van der Waals surface area contributed by atoms with Crippen LogP contribution < -0.4 is 10.1 Å². The molecular formula is C26H34N2O4. The average molecular weight is 439 g/mol. The molecule has 1 saturated heterocycles. The van der Waals surface area contributed by atoms with Gasteiger partial charge in [0.2, 0.25) is 0 Å². The van der Waals surface area contributed by atoms with Crippen LogP contribution in [-0.2, 0) is 16.0 Å². The van der Waals surface area contributed by atoms with Crippen molar-refractivity contribution in [3.8, 4) is 5.75 Å². The molecule has 5 rings (SSSR count). The number of ether oxygens (including phenoxy) is 2. The first-order valence-electron chi connectivity index (χ1n) is 11.9. The number of fused-ring (bicyclic) bond motifs is 3. The third-order valence-electron chi connectivity index (χ3n) is 8.48. The molecule has 32 heavy (non-hydrogen) atoms. The van der Waals surface area contributed by atoms with Crippen molar-refractivity contribution in [1.82, 2.24) is 10.3 Å². The summed E-state index contributed by atoms with van der Waals surface area (Å²) in [7, 11) is 1.68. The van der Waals surface area contributed by atoms with Crippen LogP contribution in [0.5, 0.6) is 5.75 Å². The van der Waals surface area contributed by atoms with Crippen LogP contribution in [0.2, 0.25) is 0 Å². The van der Waals surface area contributed by atoms with E-state index in [0.717, 1.165) is 48.9 Å². The van der Waals surface area contributed by atoms with E-state index in [2.05, 4.69) is 36.3 Å². The monoisotopic (exact) mass is 438 g/mol. The van der Waals surface area contributed by atoms with E-state index < -0.39 is 6.10 Å². The minimum atomic E-state index is -0.554. The molecule has 2 fully saturated rings. The summed E-state index contributed by atoms with van der Waals surface area (Å²) in [6.45, 7) is 5.70. The van der Waals surface area contributed by atoms with Crippen LogP contribution in [0.3, 0.4) is 0 Å². The van der Waals surface area contributed by atoms with Gasteiger partial charge in [0.1, 0.15) is 11.9 Å². The normalized spacial score (nSPS) is 34.1. The van der Waals surface area contributed by atoms with Crippen LogP contribution in [0.4, 0.5) is 0 Å². The van der Waals surface area contributed by atoms with Crippen LogP contribution in [-0.4, -0.2) is 48.5 Å². The van der Waals surface area contributed by atoms with Crippen molar-refractivity contribution in [3.05, 3.63) is 41.6 Å². The molecule has 1 aromatic heterocycles. The van der Waals surface area contributed by atoms with Crippen molar-refractivity contribution in [2.45, 2.75) is 51.7 Å². The van der Waals surface area contributed by atoms with Crippen molar-refractivity contribution in [1.29, 1.82) is 0 Å². The Morgan fingerprint density at radius 2 is 2.22 bits per heavy atom. The number of benzene rings is 1. The number of aromatic nitrogens is 1. The molecule has 2 aliphatic carbocycles. The molecule has 0 amide bonds. The fraction of sp³-hybridized carbons (Fsp3) is 0.577. The Balaban J connectivity index is 1.25. The van der Waals surface area contributed by atoms with Gasteiger partial charge in [-0.1, -0.05) is 25.5 Å². The zero-order valence-corrected chi connectivity index (χ0v) is 19.2. The van der Waals surface area contributed by atoms with Gasteiger partial charge in [-0.3, -0.25) is 4.79 Å². The Hall–Kier alpha value is -2.31. The first kappa shape index (κ1) is 21.5. The zero-order chi connectivity index (χ0) is 22.5. The number of methoxy groups -OCH3 is 1. The molecule has 0 radical (unpaired) electrons. The lowest BCUT2D eigenvalue weighted by molar-refractivity contribution is -0.144. The first-order valence-corrected chi connectivity index (χ1v) is 11.9. The van der Waals surface area contributed by atoms with Crippen LogP contribution in [0, 0.1) is 23.2 Å². The minimum absolute atomic E-state index is 0.143. The summed E-state index contributed by atoms with van der Waals surface area (Å²) in [6, 6.07) is 6.03. The quantitative estimate of drug-likeness (QED) is 0.365. The molecule has 1 aromatic carbocycles. The fourth-order valence-corrected chi connectivity index (χ4v) is 6.27. The van der Waals surface area contributed by atoms with Gasteiger partial charge in [-0.05, 0) is 55.5 Å². The topological polar surface area (TPSA) is 83.6 Å². The van der Waals surface area contributed by atoms with E-state index in [1.165, 1.54) is 11.1 Å². The number of aliphatic hydroxyl groups excluding tert-OH is 1. The predicted molar refractivity (Wildman–Crippen MR) is 123 cm³/mol.